The quantitative estimate of drug-likeness (QED) is 0.598. The second kappa shape index (κ2) is 9.41. The van der Waals surface area contributed by atoms with E-state index >= 15 is 0 Å². The Hall–Kier alpha value is -3.81. The summed E-state index contributed by atoms with van der Waals surface area (Å²) in [7, 11) is 3.08. The van der Waals surface area contributed by atoms with E-state index in [1.54, 1.807) is 25.3 Å². The number of amides is 1. The Morgan fingerprint density at radius 2 is 1.66 bits per heavy atom. The number of anilines is 3. The second-order valence-electron chi connectivity index (χ2n) is 5.89. The minimum atomic E-state index is -0.377. The van der Waals surface area contributed by atoms with Gasteiger partial charge in [0.1, 0.15) is 17.3 Å². The van der Waals surface area contributed by atoms with E-state index in [4.69, 9.17) is 14.2 Å². The van der Waals surface area contributed by atoms with E-state index < -0.39 is 0 Å². The normalized spacial score (nSPS) is 10.2. The van der Waals surface area contributed by atoms with E-state index in [1.807, 2.05) is 31.2 Å². The summed E-state index contributed by atoms with van der Waals surface area (Å²) in [6, 6.07) is 12.6. The molecular weight excluding hydrogens is 372 g/mol. The highest BCUT2D eigenvalue weighted by atomic mass is 16.5. The highest BCUT2D eigenvalue weighted by molar-refractivity contribution is 6.02. The first-order valence-electron chi connectivity index (χ1n) is 8.98. The molecule has 0 fully saturated rings. The van der Waals surface area contributed by atoms with Gasteiger partial charge in [-0.2, -0.15) is 0 Å². The number of hydrogen-bond donors (Lipinski definition) is 2. The number of nitrogens with zero attached hydrogens (tertiary/aromatic N) is 2. The van der Waals surface area contributed by atoms with E-state index in [9.17, 15) is 4.79 Å². The Morgan fingerprint density at radius 1 is 0.931 bits per heavy atom. The van der Waals surface area contributed by atoms with Crippen LogP contribution >= 0.6 is 0 Å². The molecule has 0 bridgehead atoms. The molecule has 29 heavy (non-hydrogen) atoms. The molecule has 0 saturated carbocycles. The molecule has 8 heteroatoms. The molecule has 0 aliphatic rings. The molecule has 1 amide bonds. The minimum Gasteiger partial charge on any atom is -0.494 e. The standard InChI is InChI=1S/C21H22N4O4/c1-4-29-16-8-5-14(6-9-16)24-20-13-22-17(12-23-20)21(26)25-15-7-10-18(27-2)19(11-15)28-3/h5-13H,4H2,1-3H3,(H,23,24)(H,25,26). The Kier molecular flexibility index (Phi) is 6.47. The van der Waals surface area contributed by atoms with Crippen molar-refractivity contribution in [2.24, 2.45) is 0 Å². The van der Waals surface area contributed by atoms with Crippen molar-refractivity contribution in [1.29, 1.82) is 0 Å². The summed E-state index contributed by atoms with van der Waals surface area (Å²) in [6.45, 7) is 2.55. The Balaban J connectivity index is 1.64. The van der Waals surface area contributed by atoms with Crippen molar-refractivity contribution in [1.82, 2.24) is 9.97 Å². The highest BCUT2D eigenvalue weighted by Crippen LogP contribution is 2.29. The van der Waals surface area contributed by atoms with Crippen LogP contribution in [-0.2, 0) is 0 Å². The maximum absolute atomic E-state index is 12.4. The fourth-order valence-electron chi connectivity index (χ4n) is 2.57. The van der Waals surface area contributed by atoms with Gasteiger partial charge >= 0.3 is 0 Å². The summed E-state index contributed by atoms with van der Waals surface area (Å²) >= 11 is 0. The van der Waals surface area contributed by atoms with Crippen LogP contribution in [0.4, 0.5) is 17.2 Å². The molecule has 0 saturated heterocycles. The Morgan fingerprint density at radius 3 is 2.28 bits per heavy atom. The zero-order valence-corrected chi connectivity index (χ0v) is 16.4. The number of hydrogen-bond acceptors (Lipinski definition) is 7. The monoisotopic (exact) mass is 394 g/mol. The molecule has 2 aromatic carbocycles. The Bertz CT molecular complexity index is 959. The molecule has 0 aliphatic carbocycles. The summed E-state index contributed by atoms with van der Waals surface area (Å²) in [5, 5.41) is 5.89. The first kappa shape index (κ1) is 19.9. The van der Waals surface area contributed by atoms with Crippen molar-refractivity contribution >= 4 is 23.1 Å². The van der Waals surface area contributed by atoms with Gasteiger partial charge in [0, 0.05) is 17.4 Å². The maximum atomic E-state index is 12.4. The van der Waals surface area contributed by atoms with Gasteiger partial charge in [0.25, 0.3) is 5.91 Å². The van der Waals surface area contributed by atoms with Crippen molar-refractivity contribution in [3.63, 3.8) is 0 Å². The summed E-state index contributed by atoms with van der Waals surface area (Å²) in [4.78, 5) is 20.8. The molecule has 8 nitrogen and oxygen atoms in total. The van der Waals surface area contributed by atoms with Crippen LogP contribution in [0.15, 0.2) is 54.9 Å². The van der Waals surface area contributed by atoms with Gasteiger partial charge in [0.15, 0.2) is 11.5 Å². The smallest absolute Gasteiger partial charge is 0.275 e. The van der Waals surface area contributed by atoms with Crippen LogP contribution in [0.3, 0.4) is 0 Å². The molecule has 0 radical (unpaired) electrons. The first-order valence-corrected chi connectivity index (χ1v) is 8.98. The van der Waals surface area contributed by atoms with Crippen LogP contribution in [0, 0.1) is 0 Å². The van der Waals surface area contributed by atoms with Gasteiger partial charge in [0.2, 0.25) is 0 Å². The number of rotatable bonds is 8. The number of carbonyl (C=O) groups is 1. The first-order chi connectivity index (χ1) is 14.1. The Labute approximate surface area is 168 Å². The van der Waals surface area contributed by atoms with Gasteiger partial charge in [-0.3, -0.25) is 4.79 Å². The molecular formula is C21H22N4O4. The average Bonchev–Trinajstić information content (AvgIpc) is 2.75. The van der Waals surface area contributed by atoms with E-state index in [2.05, 4.69) is 20.6 Å². The van der Waals surface area contributed by atoms with Gasteiger partial charge in [-0.15, -0.1) is 0 Å². The van der Waals surface area contributed by atoms with Crippen molar-refractivity contribution in [3.8, 4) is 17.2 Å². The number of nitrogens with one attached hydrogen (secondary N) is 2. The second-order valence-corrected chi connectivity index (χ2v) is 5.89. The van der Waals surface area contributed by atoms with Crippen molar-refractivity contribution in [3.05, 3.63) is 60.6 Å². The van der Waals surface area contributed by atoms with Crippen molar-refractivity contribution < 1.29 is 19.0 Å². The van der Waals surface area contributed by atoms with Crippen LogP contribution in [0.1, 0.15) is 17.4 Å². The topological polar surface area (TPSA) is 94.6 Å². The number of carbonyl (C=O) groups excluding carboxylic acids is 1. The molecule has 2 N–H and O–H groups in total. The average molecular weight is 394 g/mol. The molecule has 150 valence electrons. The van der Waals surface area contributed by atoms with E-state index in [1.165, 1.54) is 19.5 Å². The SMILES string of the molecule is CCOc1ccc(Nc2cnc(C(=O)Nc3ccc(OC)c(OC)c3)cn2)cc1. The van der Waals surface area contributed by atoms with Crippen molar-refractivity contribution in [2.75, 3.05) is 31.5 Å². The lowest BCUT2D eigenvalue weighted by atomic mass is 10.2. The summed E-state index contributed by atoms with van der Waals surface area (Å²) in [6.07, 6.45) is 2.91. The van der Waals surface area contributed by atoms with Gasteiger partial charge < -0.3 is 24.8 Å². The van der Waals surface area contributed by atoms with Crippen molar-refractivity contribution in [2.45, 2.75) is 6.92 Å². The predicted molar refractivity (Wildman–Crippen MR) is 110 cm³/mol. The largest absolute Gasteiger partial charge is 0.494 e. The van der Waals surface area contributed by atoms with E-state index in [0.29, 0.717) is 29.6 Å². The van der Waals surface area contributed by atoms with Crippen LogP contribution in [0.2, 0.25) is 0 Å². The molecule has 0 spiro atoms. The molecule has 0 unspecified atom stereocenters. The maximum Gasteiger partial charge on any atom is 0.275 e. The molecule has 3 aromatic rings. The fourth-order valence-corrected chi connectivity index (χ4v) is 2.57. The molecule has 0 aliphatic heterocycles. The molecule has 3 rings (SSSR count). The predicted octanol–water partition coefficient (Wildman–Crippen LogP) is 3.89. The molecule has 0 atom stereocenters. The number of ether oxygens (including phenoxy) is 3. The van der Waals surface area contributed by atoms with Gasteiger partial charge in [0.05, 0.1) is 33.2 Å². The zero-order chi connectivity index (χ0) is 20.6. The summed E-state index contributed by atoms with van der Waals surface area (Å²) in [5.74, 6) is 2.04. The molecule has 1 aromatic heterocycles. The van der Waals surface area contributed by atoms with Crippen LogP contribution in [0.5, 0.6) is 17.2 Å². The fraction of sp³-hybridized carbons (Fsp3) is 0.190. The zero-order valence-electron chi connectivity index (χ0n) is 16.4. The third kappa shape index (κ3) is 5.13. The van der Waals surface area contributed by atoms with Crippen LogP contribution < -0.4 is 24.8 Å². The summed E-state index contributed by atoms with van der Waals surface area (Å²) in [5.41, 5.74) is 1.59. The molecule has 1 heterocycles. The van der Waals surface area contributed by atoms with Gasteiger partial charge in [-0.05, 0) is 43.3 Å². The van der Waals surface area contributed by atoms with Crippen LogP contribution in [-0.4, -0.2) is 36.7 Å². The highest BCUT2D eigenvalue weighted by Gasteiger charge is 2.11. The third-order valence-corrected chi connectivity index (χ3v) is 3.96. The lowest BCUT2D eigenvalue weighted by Crippen LogP contribution is -2.14. The minimum absolute atomic E-state index is 0.192. The lowest BCUT2D eigenvalue weighted by Gasteiger charge is -2.10. The number of benzene rings is 2. The summed E-state index contributed by atoms with van der Waals surface area (Å²) < 4.78 is 15.8. The lowest BCUT2D eigenvalue weighted by molar-refractivity contribution is 0.102. The number of aromatic nitrogens is 2. The van der Waals surface area contributed by atoms with E-state index in [0.717, 1.165) is 11.4 Å². The van der Waals surface area contributed by atoms with E-state index in [-0.39, 0.29) is 11.6 Å². The van der Waals surface area contributed by atoms with Crippen LogP contribution in [0.25, 0.3) is 0 Å². The van der Waals surface area contributed by atoms with Gasteiger partial charge in [-0.25, -0.2) is 9.97 Å². The van der Waals surface area contributed by atoms with Gasteiger partial charge in [-0.1, -0.05) is 0 Å². The third-order valence-electron chi connectivity index (χ3n) is 3.96. The number of methoxy groups -OCH3 is 2.